The van der Waals surface area contributed by atoms with Gasteiger partial charge < -0.3 is 0 Å². The molecule has 1 heterocycles. The summed E-state index contributed by atoms with van der Waals surface area (Å²) in [7, 11) is 0. The summed E-state index contributed by atoms with van der Waals surface area (Å²) in [6.07, 6.45) is 0. The van der Waals surface area contributed by atoms with Gasteiger partial charge in [-0.3, -0.25) is 4.90 Å². The van der Waals surface area contributed by atoms with Crippen LogP contribution in [0.2, 0.25) is 0 Å². The maximum atomic E-state index is 12.7. The van der Waals surface area contributed by atoms with Crippen molar-refractivity contribution >= 4 is 0 Å². The average Bonchev–Trinajstić information content (AvgIpc) is 1.46. The van der Waals surface area contributed by atoms with Crippen LogP contribution >= 0.6 is 0 Å². The molecular formula is C9H17F2N. The third kappa shape index (κ3) is 1.94. The second kappa shape index (κ2) is 2.66. The molecule has 0 saturated carbocycles. The summed E-state index contributed by atoms with van der Waals surface area (Å²) >= 11 is 0. The summed E-state index contributed by atoms with van der Waals surface area (Å²) in [4.78, 5) is 2.08. The normalized spacial score (nSPS) is 22.5. The van der Waals surface area contributed by atoms with Crippen LogP contribution in [0.1, 0.15) is 27.7 Å². The highest BCUT2D eigenvalue weighted by Gasteiger charge is 2.45. The van der Waals surface area contributed by atoms with E-state index in [2.05, 4.69) is 25.7 Å². The lowest BCUT2D eigenvalue weighted by Gasteiger charge is -2.49. The molecule has 1 aliphatic heterocycles. The molecule has 1 rings (SSSR count). The Morgan fingerprint density at radius 1 is 1.08 bits per heavy atom. The van der Waals surface area contributed by atoms with Crippen LogP contribution in [0, 0.1) is 5.92 Å². The van der Waals surface area contributed by atoms with Crippen molar-refractivity contribution in [1.82, 2.24) is 4.90 Å². The lowest BCUT2D eigenvalue weighted by atomic mass is 9.88. The molecule has 0 aromatic heterocycles. The van der Waals surface area contributed by atoms with Crippen LogP contribution in [0.3, 0.4) is 0 Å². The third-order valence-electron chi connectivity index (χ3n) is 2.55. The quantitative estimate of drug-likeness (QED) is 0.594. The van der Waals surface area contributed by atoms with E-state index in [-0.39, 0.29) is 5.54 Å². The molecule has 1 fully saturated rings. The molecule has 0 bridgehead atoms. The van der Waals surface area contributed by atoms with Crippen LogP contribution in [-0.2, 0) is 0 Å². The number of alkyl halides is 2. The van der Waals surface area contributed by atoms with Crippen molar-refractivity contribution in [1.29, 1.82) is 0 Å². The molecule has 0 amide bonds. The Balaban J connectivity index is 2.39. The third-order valence-corrected chi connectivity index (χ3v) is 2.55. The Morgan fingerprint density at radius 2 is 1.50 bits per heavy atom. The van der Waals surface area contributed by atoms with Gasteiger partial charge in [-0.2, -0.15) is 0 Å². The maximum absolute atomic E-state index is 12.7. The van der Waals surface area contributed by atoms with E-state index in [1.165, 1.54) is 0 Å². The van der Waals surface area contributed by atoms with Gasteiger partial charge in [0.1, 0.15) is 0 Å². The zero-order valence-electron chi connectivity index (χ0n) is 8.19. The van der Waals surface area contributed by atoms with Crippen LogP contribution in [-0.4, -0.2) is 29.5 Å². The first kappa shape index (κ1) is 9.90. The zero-order valence-corrected chi connectivity index (χ0v) is 8.19. The van der Waals surface area contributed by atoms with Crippen LogP contribution in [0.25, 0.3) is 0 Å². The molecule has 12 heavy (non-hydrogen) atoms. The van der Waals surface area contributed by atoms with E-state index in [1.54, 1.807) is 0 Å². The highest BCUT2D eigenvalue weighted by atomic mass is 19.3. The molecule has 1 aliphatic rings. The summed E-state index contributed by atoms with van der Waals surface area (Å²) in [5.41, 5.74) is 0.0434. The Morgan fingerprint density at radius 3 is 1.75 bits per heavy atom. The number of rotatable bonds is 1. The molecular weight excluding hydrogens is 160 g/mol. The van der Waals surface area contributed by atoms with Crippen molar-refractivity contribution in [3.05, 3.63) is 0 Å². The van der Waals surface area contributed by atoms with Crippen molar-refractivity contribution in [2.24, 2.45) is 5.92 Å². The highest BCUT2D eigenvalue weighted by Crippen LogP contribution is 2.35. The number of hydrogen-bond acceptors (Lipinski definition) is 1. The number of halogens is 2. The second-order valence-corrected chi connectivity index (χ2v) is 4.73. The molecule has 0 N–H and O–H groups in total. The van der Waals surface area contributed by atoms with Gasteiger partial charge in [-0.05, 0) is 27.7 Å². The molecule has 0 spiro atoms. The maximum Gasteiger partial charge on any atom is 0.250 e. The molecule has 72 valence electrons. The summed E-state index contributed by atoms with van der Waals surface area (Å²) in [5, 5.41) is 0. The van der Waals surface area contributed by atoms with E-state index < -0.39 is 11.8 Å². The van der Waals surface area contributed by atoms with E-state index in [1.807, 2.05) is 0 Å². The predicted molar refractivity (Wildman–Crippen MR) is 45.4 cm³/mol. The first-order valence-corrected chi connectivity index (χ1v) is 4.34. The summed E-state index contributed by atoms with van der Waals surface area (Å²) < 4.78 is 25.4. The minimum absolute atomic E-state index is 0.0434. The fourth-order valence-corrected chi connectivity index (χ4v) is 1.35. The van der Waals surface area contributed by atoms with Gasteiger partial charge in [0.15, 0.2) is 0 Å². The minimum Gasteiger partial charge on any atom is -0.297 e. The molecule has 0 unspecified atom stereocenters. The lowest BCUT2D eigenvalue weighted by molar-refractivity contribution is -0.125. The van der Waals surface area contributed by atoms with Crippen LogP contribution < -0.4 is 0 Å². The van der Waals surface area contributed by atoms with Crippen LogP contribution in [0.4, 0.5) is 8.78 Å². The van der Waals surface area contributed by atoms with Gasteiger partial charge in [-0.15, -0.1) is 0 Å². The number of nitrogens with zero attached hydrogens (tertiary/aromatic N) is 1. The van der Waals surface area contributed by atoms with Crippen molar-refractivity contribution in [2.75, 3.05) is 13.1 Å². The molecule has 0 atom stereocenters. The zero-order chi connectivity index (χ0) is 9.57. The number of hydrogen-bond donors (Lipinski definition) is 0. The van der Waals surface area contributed by atoms with E-state index >= 15 is 0 Å². The lowest BCUT2D eigenvalue weighted by Crippen LogP contribution is -2.60. The Hall–Kier alpha value is -0.180. The van der Waals surface area contributed by atoms with Crippen molar-refractivity contribution in [3.8, 4) is 0 Å². The van der Waals surface area contributed by atoms with Gasteiger partial charge in [-0.1, -0.05) is 0 Å². The number of likely N-dealkylation sites (tertiary alicyclic amines) is 1. The molecule has 0 aliphatic carbocycles. The van der Waals surface area contributed by atoms with Crippen LogP contribution in [0.5, 0.6) is 0 Å². The molecule has 3 heteroatoms. The Kier molecular flexibility index (Phi) is 2.19. The summed E-state index contributed by atoms with van der Waals surface area (Å²) in [5.74, 6) is -2.93. The van der Waals surface area contributed by atoms with Gasteiger partial charge in [0.05, 0.1) is 0 Å². The van der Waals surface area contributed by atoms with Crippen LogP contribution in [0.15, 0.2) is 0 Å². The molecule has 1 saturated heterocycles. The predicted octanol–water partition coefficient (Wildman–Crippen LogP) is 2.37. The van der Waals surface area contributed by atoms with Crippen molar-refractivity contribution in [3.63, 3.8) is 0 Å². The fourth-order valence-electron chi connectivity index (χ4n) is 1.35. The summed E-state index contributed by atoms with van der Waals surface area (Å²) in [6, 6.07) is 0. The largest absolute Gasteiger partial charge is 0.297 e. The topological polar surface area (TPSA) is 3.24 Å². The standard InChI is InChI=1S/C9H17F2N/c1-8(2,3)12-5-7(6-12)9(4,10)11/h7H,5-6H2,1-4H3. The highest BCUT2D eigenvalue weighted by molar-refractivity contribution is 4.93. The van der Waals surface area contributed by atoms with Gasteiger partial charge in [0.25, 0.3) is 5.92 Å². The Labute approximate surface area is 72.7 Å². The molecule has 0 aromatic rings. The molecule has 0 radical (unpaired) electrons. The average molecular weight is 177 g/mol. The first-order valence-electron chi connectivity index (χ1n) is 4.34. The molecule has 0 aromatic carbocycles. The SMILES string of the molecule is CC(F)(F)C1CN(C(C)(C)C)C1. The smallest absolute Gasteiger partial charge is 0.250 e. The van der Waals surface area contributed by atoms with Crippen molar-refractivity contribution in [2.45, 2.75) is 39.2 Å². The van der Waals surface area contributed by atoms with Crippen molar-refractivity contribution < 1.29 is 8.78 Å². The van der Waals surface area contributed by atoms with E-state index in [4.69, 9.17) is 0 Å². The van der Waals surface area contributed by atoms with E-state index in [0.717, 1.165) is 6.92 Å². The first-order chi connectivity index (χ1) is 5.21. The fraction of sp³-hybridized carbons (Fsp3) is 1.00. The monoisotopic (exact) mass is 177 g/mol. The van der Waals surface area contributed by atoms with Gasteiger partial charge in [0, 0.05) is 24.5 Å². The summed E-state index contributed by atoms with van der Waals surface area (Å²) in [6.45, 7) is 8.24. The van der Waals surface area contributed by atoms with Gasteiger partial charge in [0.2, 0.25) is 0 Å². The van der Waals surface area contributed by atoms with E-state index in [0.29, 0.717) is 13.1 Å². The van der Waals surface area contributed by atoms with Gasteiger partial charge >= 0.3 is 0 Å². The van der Waals surface area contributed by atoms with Gasteiger partial charge in [-0.25, -0.2) is 8.78 Å². The Bertz CT molecular complexity index is 142. The second-order valence-electron chi connectivity index (χ2n) is 4.73. The van der Waals surface area contributed by atoms with E-state index in [9.17, 15) is 8.78 Å². The molecule has 1 nitrogen and oxygen atoms in total. The minimum atomic E-state index is -2.50.